The van der Waals surface area contributed by atoms with Crippen LogP contribution >= 0.6 is 0 Å². The quantitative estimate of drug-likeness (QED) is 0.341. The summed E-state index contributed by atoms with van der Waals surface area (Å²) in [5.41, 5.74) is 8.71. The lowest BCUT2D eigenvalue weighted by Crippen LogP contribution is -2.10. The maximum absolute atomic E-state index is 2.32. The fraction of sp³-hybridized carbons (Fsp3) is 0.143. The van der Waals surface area contributed by atoms with Gasteiger partial charge in [0.05, 0.1) is 0 Å². The second-order valence-corrected chi connectivity index (χ2v) is 7.73. The molecule has 4 aromatic rings. The van der Waals surface area contributed by atoms with E-state index < -0.39 is 0 Å². The molecule has 29 heavy (non-hydrogen) atoms. The fourth-order valence-electron chi connectivity index (χ4n) is 3.68. The lowest BCUT2D eigenvalue weighted by Gasteiger charge is -2.26. The highest BCUT2D eigenvalue weighted by molar-refractivity contribution is 5.76. The van der Waals surface area contributed by atoms with Crippen LogP contribution in [0.5, 0.6) is 0 Å². The molecule has 0 aliphatic heterocycles. The molecule has 4 rings (SSSR count). The Morgan fingerprint density at radius 3 is 1.31 bits per heavy atom. The second-order valence-electron chi connectivity index (χ2n) is 7.73. The molecule has 0 aromatic heterocycles. The molecule has 1 atom stereocenters. The highest BCUT2D eigenvalue weighted by atomic mass is 15.1. The van der Waals surface area contributed by atoms with Crippen LogP contribution in [0.1, 0.15) is 35.1 Å². The largest absolute Gasteiger partial charge is 0.311 e. The van der Waals surface area contributed by atoms with Gasteiger partial charge in [-0.15, -0.1) is 0 Å². The maximum atomic E-state index is 2.32. The topological polar surface area (TPSA) is 3.24 Å². The highest BCUT2D eigenvalue weighted by Gasteiger charge is 2.14. The lowest BCUT2D eigenvalue weighted by molar-refractivity contribution is 0.922. The fourth-order valence-corrected chi connectivity index (χ4v) is 3.68. The van der Waals surface area contributed by atoms with E-state index in [1.165, 1.54) is 39.3 Å². The third kappa shape index (κ3) is 4.25. The molecule has 0 fully saturated rings. The molecule has 0 amide bonds. The van der Waals surface area contributed by atoms with E-state index in [9.17, 15) is 0 Å². The van der Waals surface area contributed by atoms with Crippen LogP contribution in [0.25, 0.3) is 0 Å². The van der Waals surface area contributed by atoms with Gasteiger partial charge in [0.15, 0.2) is 0 Å². The summed E-state index contributed by atoms with van der Waals surface area (Å²) in [7, 11) is 0. The Balaban J connectivity index is 1.71. The minimum atomic E-state index is 0.373. The summed E-state index contributed by atoms with van der Waals surface area (Å²) in [6, 6.07) is 37.1. The summed E-state index contributed by atoms with van der Waals surface area (Å²) in [6.07, 6.45) is 0. The number of benzene rings is 4. The lowest BCUT2D eigenvalue weighted by atomic mass is 9.93. The number of hydrogen-bond donors (Lipinski definition) is 0. The first-order valence-corrected chi connectivity index (χ1v) is 10.2. The SMILES string of the molecule is Cc1ccc(N(c2ccc(C)cc2)c2ccc(C(C)c3ccccc3)cc2)cc1. The first kappa shape index (κ1) is 19.0. The normalized spacial score (nSPS) is 11.8. The molecule has 0 saturated heterocycles. The zero-order valence-corrected chi connectivity index (χ0v) is 17.3. The van der Waals surface area contributed by atoms with Gasteiger partial charge in [0.25, 0.3) is 0 Å². The Hall–Kier alpha value is -3.32. The minimum absolute atomic E-state index is 0.373. The Morgan fingerprint density at radius 1 is 0.483 bits per heavy atom. The monoisotopic (exact) mass is 377 g/mol. The van der Waals surface area contributed by atoms with E-state index in [1.807, 2.05) is 0 Å². The van der Waals surface area contributed by atoms with E-state index in [0.717, 1.165) is 0 Å². The van der Waals surface area contributed by atoms with Crippen LogP contribution in [0.15, 0.2) is 103 Å². The van der Waals surface area contributed by atoms with Crippen LogP contribution in [0, 0.1) is 13.8 Å². The van der Waals surface area contributed by atoms with Crippen LogP contribution in [0.4, 0.5) is 17.1 Å². The molecule has 0 spiro atoms. The molecular weight excluding hydrogens is 350 g/mol. The zero-order valence-electron chi connectivity index (χ0n) is 17.3. The average Bonchev–Trinajstić information content (AvgIpc) is 2.77. The summed E-state index contributed by atoms with van der Waals surface area (Å²) < 4.78 is 0. The highest BCUT2D eigenvalue weighted by Crippen LogP contribution is 2.35. The molecule has 0 heterocycles. The van der Waals surface area contributed by atoms with E-state index in [0.29, 0.717) is 5.92 Å². The molecule has 144 valence electrons. The molecule has 4 aromatic carbocycles. The van der Waals surface area contributed by atoms with Crippen molar-refractivity contribution in [1.82, 2.24) is 0 Å². The van der Waals surface area contributed by atoms with Gasteiger partial charge in [-0.3, -0.25) is 0 Å². The number of anilines is 3. The van der Waals surface area contributed by atoms with Gasteiger partial charge in [0.2, 0.25) is 0 Å². The summed E-state index contributed by atoms with van der Waals surface area (Å²) in [6.45, 7) is 6.52. The first-order chi connectivity index (χ1) is 14.1. The van der Waals surface area contributed by atoms with Gasteiger partial charge in [-0.25, -0.2) is 0 Å². The molecular formula is C28H27N. The van der Waals surface area contributed by atoms with Crippen molar-refractivity contribution in [1.29, 1.82) is 0 Å². The van der Waals surface area contributed by atoms with Gasteiger partial charge < -0.3 is 4.90 Å². The van der Waals surface area contributed by atoms with Crippen molar-refractivity contribution >= 4 is 17.1 Å². The van der Waals surface area contributed by atoms with Crippen LogP contribution in [-0.2, 0) is 0 Å². The molecule has 1 nitrogen and oxygen atoms in total. The number of aryl methyl sites for hydroxylation is 2. The van der Waals surface area contributed by atoms with Gasteiger partial charge in [-0.2, -0.15) is 0 Å². The van der Waals surface area contributed by atoms with Crippen molar-refractivity contribution in [3.8, 4) is 0 Å². The molecule has 1 heteroatoms. The van der Waals surface area contributed by atoms with Crippen molar-refractivity contribution in [3.05, 3.63) is 125 Å². The third-order valence-corrected chi connectivity index (χ3v) is 5.54. The van der Waals surface area contributed by atoms with Crippen molar-refractivity contribution in [2.75, 3.05) is 4.90 Å². The van der Waals surface area contributed by atoms with Crippen molar-refractivity contribution in [2.24, 2.45) is 0 Å². The predicted octanol–water partition coefficient (Wildman–Crippen LogP) is 7.93. The summed E-state index contributed by atoms with van der Waals surface area (Å²) in [5.74, 6) is 0.373. The summed E-state index contributed by atoms with van der Waals surface area (Å²) in [4.78, 5) is 2.32. The summed E-state index contributed by atoms with van der Waals surface area (Å²) in [5, 5.41) is 0. The average molecular weight is 378 g/mol. The number of rotatable bonds is 5. The van der Waals surface area contributed by atoms with Gasteiger partial charge >= 0.3 is 0 Å². The Kier molecular flexibility index (Phi) is 5.48. The van der Waals surface area contributed by atoms with Gasteiger partial charge in [-0.1, -0.05) is 84.8 Å². The van der Waals surface area contributed by atoms with Crippen LogP contribution in [0.3, 0.4) is 0 Å². The van der Waals surface area contributed by atoms with Crippen LogP contribution < -0.4 is 4.90 Å². The second kappa shape index (κ2) is 8.36. The predicted molar refractivity (Wildman–Crippen MR) is 125 cm³/mol. The Morgan fingerprint density at radius 2 is 0.862 bits per heavy atom. The Bertz CT molecular complexity index is 1000. The van der Waals surface area contributed by atoms with Crippen molar-refractivity contribution in [2.45, 2.75) is 26.7 Å². The number of nitrogens with zero attached hydrogens (tertiary/aromatic N) is 1. The van der Waals surface area contributed by atoms with Gasteiger partial charge in [-0.05, 0) is 61.4 Å². The van der Waals surface area contributed by atoms with Crippen molar-refractivity contribution in [3.63, 3.8) is 0 Å². The molecule has 0 aliphatic carbocycles. The molecule has 0 bridgehead atoms. The van der Waals surface area contributed by atoms with Gasteiger partial charge in [0.1, 0.15) is 0 Å². The number of hydrogen-bond acceptors (Lipinski definition) is 1. The van der Waals surface area contributed by atoms with Crippen molar-refractivity contribution < 1.29 is 0 Å². The molecule has 0 saturated carbocycles. The minimum Gasteiger partial charge on any atom is -0.311 e. The van der Waals surface area contributed by atoms with Crippen LogP contribution in [0.2, 0.25) is 0 Å². The van der Waals surface area contributed by atoms with E-state index in [4.69, 9.17) is 0 Å². The third-order valence-electron chi connectivity index (χ3n) is 5.54. The standard InChI is InChI=1S/C28H27N/c1-21-9-15-26(16-10-21)29(27-17-11-22(2)12-18-27)28-19-13-25(14-20-28)23(3)24-7-5-4-6-8-24/h4-20,23H,1-3H3. The van der Waals surface area contributed by atoms with E-state index in [-0.39, 0.29) is 0 Å². The molecule has 0 N–H and O–H groups in total. The molecule has 0 radical (unpaired) electrons. The van der Waals surface area contributed by atoms with E-state index in [2.05, 4.69) is 129 Å². The summed E-state index contributed by atoms with van der Waals surface area (Å²) >= 11 is 0. The van der Waals surface area contributed by atoms with E-state index >= 15 is 0 Å². The van der Waals surface area contributed by atoms with E-state index in [1.54, 1.807) is 0 Å². The Labute approximate surface area is 174 Å². The van der Waals surface area contributed by atoms with Crippen LogP contribution in [-0.4, -0.2) is 0 Å². The molecule has 1 unspecified atom stereocenters. The maximum Gasteiger partial charge on any atom is 0.0461 e. The smallest absolute Gasteiger partial charge is 0.0461 e. The van der Waals surface area contributed by atoms with Gasteiger partial charge in [0, 0.05) is 23.0 Å². The zero-order chi connectivity index (χ0) is 20.2. The molecule has 0 aliphatic rings. The first-order valence-electron chi connectivity index (χ1n) is 10.2.